The van der Waals surface area contributed by atoms with Crippen LogP contribution in [0.4, 0.5) is 4.79 Å². The number of para-hydroxylation sites is 1. The number of likely N-dealkylation sites (tertiary alicyclic amines) is 1. The Morgan fingerprint density at radius 2 is 1.89 bits per heavy atom. The van der Waals surface area contributed by atoms with Crippen LogP contribution >= 0.6 is 0 Å². The fourth-order valence-corrected chi connectivity index (χ4v) is 4.34. The maximum atomic E-state index is 13.1. The maximum Gasteiger partial charge on any atom is 0.325 e. The number of carbonyl (C=O) groups excluding carboxylic acids is 3. The van der Waals surface area contributed by atoms with Crippen molar-refractivity contribution in [3.05, 3.63) is 36.1 Å². The zero-order chi connectivity index (χ0) is 20.1. The minimum atomic E-state index is -1.32. The Morgan fingerprint density at radius 1 is 1.21 bits per heavy atom. The lowest BCUT2D eigenvalue weighted by atomic mass is 9.92. The van der Waals surface area contributed by atoms with E-state index in [0.717, 1.165) is 16.7 Å². The number of amides is 4. The summed E-state index contributed by atoms with van der Waals surface area (Å²) in [6.07, 6.45) is 1.08. The summed E-state index contributed by atoms with van der Waals surface area (Å²) in [5.74, 6) is 0.522. The van der Waals surface area contributed by atoms with Crippen molar-refractivity contribution < 1.29 is 18.8 Å². The molecule has 2 aliphatic rings. The molecule has 1 aromatic carbocycles. The number of imide groups is 1. The number of nitrogens with one attached hydrogen (secondary N) is 1. The summed E-state index contributed by atoms with van der Waals surface area (Å²) in [5.41, 5.74) is -0.676. The lowest BCUT2D eigenvalue weighted by Gasteiger charge is -2.35. The second kappa shape index (κ2) is 6.65. The molecular formula is C21H25N3O4. The van der Waals surface area contributed by atoms with Gasteiger partial charge in [-0.3, -0.25) is 14.5 Å². The van der Waals surface area contributed by atoms with E-state index in [0.29, 0.717) is 36.3 Å². The van der Waals surface area contributed by atoms with Crippen LogP contribution in [0.2, 0.25) is 0 Å². The van der Waals surface area contributed by atoms with Crippen LogP contribution in [0.1, 0.15) is 33.0 Å². The highest BCUT2D eigenvalue weighted by Gasteiger charge is 2.52. The van der Waals surface area contributed by atoms with Gasteiger partial charge in [0.15, 0.2) is 5.54 Å². The number of furan rings is 1. The monoisotopic (exact) mass is 383 g/mol. The van der Waals surface area contributed by atoms with E-state index in [1.165, 1.54) is 0 Å². The first kappa shape index (κ1) is 18.5. The van der Waals surface area contributed by atoms with Crippen molar-refractivity contribution in [3.8, 4) is 0 Å². The summed E-state index contributed by atoms with van der Waals surface area (Å²) >= 11 is 0. The van der Waals surface area contributed by atoms with Crippen molar-refractivity contribution in [3.63, 3.8) is 0 Å². The van der Waals surface area contributed by atoms with Crippen LogP contribution in [-0.2, 0) is 15.1 Å². The van der Waals surface area contributed by atoms with Crippen LogP contribution in [0.5, 0.6) is 0 Å². The number of urea groups is 1. The molecule has 1 aromatic heterocycles. The predicted molar refractivity (Wildman–Crippen MR) is 103 cm³/mol. The number of benzene rings is 1. The first-order chi connectivity index (χ1) is 13.3. The molecule has 2 aromatic rings. The van der Waals surface area contributed by atoms with Gasteiger partial charge in [-0.05, 0) is 37.3 Å². The maximum absolute atomic E-state index is 13.1. The van der Waals surface area contributed by atoms with Gasteiger partial charge in [0.25, 0.3) is 5.91 Å². The van der Waals surface area contributed by atoms with Crippen molar-refractivity contribution in [2.24, 2.45) is 11.8 Å². The Kier molecular flexibility index (Phi) is 4.40. The van der Waals surface area contributed by atoms with Crippen LogP contribution in [-0.4, -0.2) is 47.3 Å². The molecule has 3 atom stereocenters. The van der Waals surface area contributed by atoms with Crippen molar-refractivity contribution in [2.45, 2.75) is 32.7 Å². The van der Waals surface area contributed by atoms with E-state index in [2.05, 4.69) is 19.2 Å². The molecule has 28 heavy (non-hydrogen) atoms. The first-order valence-corrected chi connectivity index (χ1v) is 9.69. The number of piperidine rings is 1. The molecular weight excluding hydrogens is 358 g/mol. The van der Waals surface area contributed by atoms with Crippen LogP contribution in [0.3, 0.4) is 0 Å². The lowest BCUT2D eigenvalue weighted by molar-refractivity contribution is -0.140. The molecule has 2 fully saturated rings. The second-order valence-electron chi connectivity index (χ2n) is 8.34. The highest BCUT2D eigenvalue weighted by Crippen LogP contribution is 2.33. The molecule has 0 radical (unpaired) electrons. The summed E-state index contributed by atoms with van der Waals surface area (Å²) in [6, 6.07) is 8.60. The van der Waals surface area contributed by atoms with Gasteiger partial charge in [-0.2, -0.15) is 0 Å². The number of hydrogen-bond donors (Lipinski definition) is 1. The van der Waals surface area contributed by atoms with Crippen molar-refractivity contribution in [2.75, 3.05) is 19.6 Å². The molecule has 0 bridgehead atoms. The van der Waals surface area contributed by atoms with Crippen LogP contribution in [0.15, 0.2) is 34.7 Å². The van der Waals surface area contributed by atoms with E-state index in [9.17, 15) is 14.4 Å². The topological polar surface area (TPSA) is 82.9 Å². The van der Waals surface area contributed by atoms with Gasteiger partial charge in [0.05, 0.1) is 0 Å². The molecule has 7 heteroatoms. The van der Waals surface area contributed by atoms with Gasteiger partial charge in [0.1, 0.15) is 17.9 Å². The third-order valence-corrected chi connectivity index (χ3v) is 5.71. The molecule has 0 unspecified atom stereocenters. The Morgan fingerprint density at radius 3 is 2.57 bits per heavy atom. The standard InChI is InChI=1S/C21H25N3O4/c1-13-8-14(2)11-23(10-13)18(25)12-24-19(26)21(3,22-20(24)27)17-9-15-6-4-5-7-16(15)28-17/h4-7,9,13-14H,8,10-12H2,1-3H3,(H,22,27)/t13-,14+,21-/m0/s1. The van der Waals surface area contributed by atoms with E-state index in [-0.39, 0.29) is 12.5 Å². The highest BCUT2D eigenvalue weighted by atomic mass is 16.3. The van der Waals surface area contributed by atoms with Gasteiger partial charge in [-0.15, -0.1) is 0 Å². The minimum Gasteiger partial charge on any atom is -0.458 e. The number of hydrogen-bond acceptors (Lipinski definition) is 4. The largest absolute Gasteiger partial charge is 0.458 e. The van der Waals surface area contributed by atoms with E-state index in [4.69, 9.17) is 4.42 Å². The molecule has 0 spiro atoms. The molecule has 2 aliphatic heterocycles. The molecule has 4 amide bonds. The zero-order valence-electron chi connectivity index (χ0n) is 16.4. The van der Waals surface area contributed by atoms with Gasteiger partial charge < -0.3 is 14.6 Å². The quantitative estimate of drug-likeness (QED) is 0.826. The molecule has 7 nitrogen and oxygen atoms in total. The smallest absolute Gasteiger partial charge is 0.325 e. The fraction of sp³-hybridized carbons (Fsp3) is 0.476. The lowest BCUT2D eigenvalue weighted by Crippen LogP contribution is -2.48. The summed E-state index contributed by atoms with van der Waals surface area (Å²) in [6.45, 7) is 6.91. The summed E-state index contributed by atoms with van der Waals surface area (Å²) in [7, 11) is 0. The number of carbonyl (C=O) groups is 3. The number of rotatable bonds is 3. The molecule has 0 aliphatic carbocycles. The van der Waals surface area contributed by atoms with Gasteiger partial charge in [0, 0.05) is 18.5 Å². The van der Waals surface area contributed by atoms with E-state index < -0.39 is 17.5 Å². The van der Waals surface area contributed by atoms with E-state index >= 15 is 0 Å². The number of nitrogens with zero attached hydrogens (tertiary/aromatic N) is 2. The third kappa shape index (κ3) is 3.04. The molecule has 0 saturated carbocycles. The van der Waals surface area contributed by atoms with Crippen molar-refractivity contribution in [1.29, 1.82) is 0 Å². The summed E-state index contributed by atoms with van der Waals surface area (Å²) in [4.78, 5) is 41.1. The third-order valence-electron chi connectivity index (χ3n) is 5.71. The van der Waals surface area contributed by atoms with Gasteiger partial charge in [-0.1, -0.05) is 32.0 Å². The average molecular weight is 383 g/mol. The fourth-order valence-electron chi connectivity index (χ4n) is 4.34. The van der Waals surface area contributed by atoms with Gasteiger partial charge in [0.2, 0.25) is 5.91 Å². The van der Waals surface area contributed by atoms with Crippen LogP contribution in [0.25, 0.3) is 11.0 Å². The molecule has 148 valence electrons. The molecule has 4 rings (SSSR count). The normalized spacial score (nSPS) is 28.1. The first-order valence-electron chi connectivity index (χ1n) is 9.69. The Labute approximate surface area is 163 Å². The minimum absolute atomic E-state index is 0.198. The van der Waals surface area contributed by atoms with Crippen LogP contribution in [0, 0.1) is 11.8 Å². The van der Waals surface area contributed by atoms with Crippen molar-refractivity contribution in [1.82, 2.24) is 15.1 Å². The van der Waals surface area contributed by atoms with Crippen LogP contribution < -0.4 is 5.32 Å². The SMILES string of the molecule is C[C@@H]1C[C@H](C)CN(C(=O)CN2C(=O)N[C@@](C)(c3cc4ccccc4o3)C2=O)C1. The van der Waals surface area contributed by atoms with Gasteiger partial charge >= 0.3 is 6.03 Å². The molecule has 2 saturated heterocycles. The summed E-state index contributed by atoms with van der Waals surface area (Å²) in [5, 5.41) is 3.56. The Hall–Kier alpha value is -2.83. The zero-order valence-corrected chi connectivity index (χ0v) is 16.4. The van der Waals surface area contributed by atoms with Gasteiger partial charge in [-0.25, -0.2) is 4.79 Å². The second-order valence-corrected chi connectivity index (χ2v) is 8.34. The average Bonchev–Trinajstić information content (AvgIpc) is 3.17. The van der Waals surface area contributed by atoms with Crippen molar-refractivity contribution >= 4 is 28.8 Å². The summed E-state index contributed by atoms with van der Waals surface area (Å²) < 4.78 is 5.81. The highest BCUT2D eigenvalue weighted by molar-refractivity contribution is 6.09. The predicted octanol–water partition coefficient (Wildman–Crippen LogP) is 2.70. The van der Waals surface area contributed by atoms with E-state index in [1.54, 1.807) is 17.9 Å². The van der Waals surface area contributed by atoms with E-state index in [1.807, 2.05) is 24.3 Å². The Bertz CT molecular complexity index is 909. The molecule has 3 heterocycles. The molecule has 1 N–H and O–H groups in total. The number of fused-ring (bicyclic) bond motifs is 1. The Balaban J connectivity index is 1.54.